The Hall–Kier alpha value is -2.23. The zero-order valence-electron chi connectivity index (χ0n) is 13.5. The van der Waals surface area contributed by atoms with Gasteiger partial charge in [-0.15, -0.1) is 0 Å². The second kappa shape index (κ2) is 6.49. The van der Waals surface area contributed by atoms with Gasteiger partial charge in [0.2, 0.25) is 10.0 Å². The van der Waals surface area contributed by atoms with Crippen molar-refractivity contribution in [2.24, 2.45) is 0 Å². The van der Waals surface area contributed by atoms with Crippen LogP contribution < -0.4 is 4.74 Å². The Labute approximate surface area is 147 Å². The van der Waals surface area contributed by atoms with Crippen molar-refractivity contribution in [2.45, 2.75) is 11.5 Å². The molecule has 0 atom stereocenters. The van der Waals surface area contributed by atoms with Crippen LogP contribution in [0.2, 0.25) is 0 Å². The Bertz CT molecular complexity index is 1060. The highest BCUT2D eigenvalue weighted by atomic mass is 32.2. The number of alkyl halides is 2. The van der Waals surface area contributed by atoms with E-state index in [0.717, 1.165) is 0 Å². The SMILES string of the molecule is O=S(=O)(c1ccc2oc3c(OC(F)F)cccc3c2c1)N1CCOCC1. The Morgan fingerprint density at radius 1 is 1.08 bits per heavy atom. The van der Waals surface area contributed by atoms with E-state index in [0.29, 0.717) is 42.7 Å². The van der Waals surface area contributed by atoms with Crippen LogP contribution in [0.25, 0.3) is 21.9 Å². The number of benzene rings is 2. The maximum absolute atomic E-state index is 12.8. The number of morpholine rings is 1. The lowest BCUT2D eigenvalue weighted by atomic mass is 10.1. The molecular formula is C17H15F2NO5S. The van der Waals surface area contributed by atoms with E-state index < -0.39 is 16.6 Å². The topological polar surface area (TPSA) is 69.0 Å². The first-order valence-corrected chi connectivity index (χ1v) is 9.39. The molecule has 3 aromatic rings. The Kier molecular flexibility index (Phi) is 4.29. The fraction of sp³-hybridized carbons (Fsp3) is 0.294. The monoisotopic (exact) mass is 383 g/mol. The van der Waals surface area contributed by atoms with Crippen molar-refractivity contribution in [3.05, 3.63) is 36.4 Å². The van der Waals surface area contributed by atoms with Gasteiger partial charge in [0, 0.05) is 23.9 Å². The van der Waals surface area contributed by atoms with Gasteiger partial charge in [-0.2, -0.15) is 13.1 Å². The van der Waals surface area contributed by atoms with Crippen molar-refractivity contribution in [3.8, 4) is 5.75 Å². The summed E-state index contributed by atoms with van der Waals surface area (Å²) in [6.45, 7) is -1.70. The number of para-hydroxylation sites is 1. The summed E-state index contributed by atoms with van der Waals surface area (Å²) in [4.78, 5) is 0.120. The van der Waals surface area contributed by atoms with Crippen LogP contribution in [0.1, 0.15) is 0 Å². The summed E-state index contributed by atoms with van der Waals surface area (Å²) < 4.78 is 67.4. The van der Waals surface area contributed by atoms with Gasteiger partial charge < -0.3 is 13.9 Å². The number of halogens is 2. The van der Waals surface area contributed by atoms with Crippen LogP contribution in [-0.4, -0.2) is 45.6 Å². The number of hydrogen-bond donors (Lipinski definition) is 0. The molecule has 2 heterocycles. The Balaban J connectivity index is 1.83. The summed E-state index contributed by atoms with van der Waals surface area (Å²) in [6.07, 6.45) is 0. The molecule has 6 nitrogen and oxygen atoms in total. The molecule has 0 N–H and O–H groups in total. The van der Waals surface area contributed by atoms with E-state index in [-0.39, 0.29) is 16.2 Å². The molecule has 0 unspecified atom stereocenters. The fourth-order valence-electron chi connectivity index (χ4n) is 3.04. The highest BCUT2D eigenvalue weighted by Crippen LogP contribution is 2.36. The number of rotatable bonds is 4. The van der Waals surface area contributed by atoms with E-state index in [4.69, 9.17) is 9.15 Å². The molecule has 1 aliphatic rings. The fourth-order valence-corrected chi connectivity index (χ4v) is 4.47. The average Bonchev–Trinajstić information content (AvgIpc) is 3.01. The molecule has 1 aromatic heterocycles. The standard InChI is InChI=1S/C17H15F2NO5S/c18-17(19)25-15-3-1-2-12-13-10-11(4-5-14(13)24-16(12)15)26(21,22)20-6-8-23-9-7-20/h1-5,10,17H,6-9H2. The minimum atomic E-state index is -3.67. The number of fused-ring (bicyclic) bond motifs is 3. The van der Waals surface area contributed by atoms with Gasteiger partial charge in [0.15, 0.2) is 11.3 Å². The zero-order valence-corrected chi connectivity index (χ0v) is 14.3. The summed E-state index contributed by atoms with van der Waals surface area (Å²) in [5.41, 5.74) is 0.551. The molecule has 0 amide bonds. The minimum Gasteiger partial charge on any atom is -0.452 e. The van der Waals surface area contributed by atoms with Gasteiger partial charge in [0.05, 0.1) is 18.1 Å². The first-order chi connectivity index (χ1) is 12.5. The molecule has 0 aliphatic carbocycles. The molecule has 0 saturated carbocycles. The van der Waals surface area contributed by atoms with Gasteiger partial charge in [-0.05, 0) is 24.3 Å². The number of nitrogens with zero attached hydrogens (tertiary/aromatic N) is 1. The quantitative estimate of drug-likeness (QED) is 0.692. The number of ether oxygens (including phenoxy) is 2. The summed E-state index contributed by atoms with van der Waals surface area (Å²) >= 11 is 0. The molecule has 1 fully saturated rings. The highest BCUT2D eigenvalue weighted by molar-refractivity contribution is 7.89. The minimum absolute atomic E-state index is 0.0914. The van der Waals surface area contributed by atoms with Gasteiger partial charge in [0.1, 0.15) is 5.58 Å². The predicted molar refractivity (Wildman–Crippen MR) is 89.9 cm³/mol. The van der Waals surface area contributed by atoms with Crippen molar-refractivity contribution >= 4 is 32.0 Å². The zero-order chi connectivity index (χ0) is 18.3. The molecule has 0 radical (unpaired) electrons. The molecule has 2 aromatic carbocycles. The highest BCUT2D eigenvalue weighted by Gasteiger charge is 2.27. The van der Waals surface area contributed by atoms with Crippen molar-refractivity contribution in [2.75, 3.05) is 26.3 Å². The van der Waals surface area contributed by atoms with Crippen LogP contribution in [0.3, 0.4) is 0 Å². The van der Waals surface area contributed by atoms with E-state index >= 15 is 0 Å². The van der Waals surface area contributed by atoms with Crippen molar-refractivity contribution in [1.82, 2.24) is 4.31 Å². The predicted octanol–water partition coefficient (Wildman–Crippen LogP) is 3.21. The van der Waals surface area contributed by atoms with Crippen LogP contribution in [0, 0.1) is 0 Å². The molecule has 138 valence electrons. The number of sulfonamides is 1. The molecule has 26 heavy (non-hydrogen) atoms. The average molecular weight is 383 g/mol. The largest absolute Gasteiger partial charge is 0.452 e. The van der Waals surface area contributed by atoms with Crippen LogP contribution in [0.5, 0.6) is 5.75 Å². The molecule has 1 saturated heterocycles. The van der Waals surface area contributed by atoms with Crippen LogP contribution in [0.15, 0.2) is 45.7 Å². The van der Waals surface area contributed by atoms with E-state index in [2.05, 4.69) is 4.74 Å². The third kappa shape index (κ3) is 2.91. The lowest BCUT2D eigenvalue weighted by Gasteiger charge is -2.26. The molecular weight excluding hydrogens is 368 g/mol. The molecule has 0 bridgehead atoms. The van der Waals surface area contributed by atoms with E-state index in [1.807, 2.05) is 0 Å². The smallest absolute Gasteiger partial charge is 0.387 e. The maximum Gasteiger partial charge on any atom is 0.387 e. The first kappa shape index (κ1) is 17.2. The molecule has 0 spiro atoms. The lowest BCUT2D eigenvalue weighted by molar-refractivity contribution is -0.0493. The number of furan rings is 1. The van der Waals surface area contributed by atoms with Crippen molar-refractivity contribution in [3.63, 3.8) is 0 Å². The molecule has 9 heteroatoms. The third-order valence-corrected chi connectivity index (χ3v) is 6.15. The molecule has 1 aliphatic heterocycles. The third-order valence-electron chi connectivity index (χ3n) is 4.26. The second-order valence-electron chi connectivity index (χ2n) is 5.79. The van der Waals surface area contributed by atoms with Crippen LogP contribution in [-0.2, 0) is 14.8 Å². The molecule has 4 rings (SSSR count). The summed E-state index contributed by atoms with van der Waals surface area (Å²) in [5.74, 6) is -0.0914. The Morgan fingerprint density at radius 3 is 2.58 bits per heavy atom. The summed E-state index contributed by atoms with van der Waals surface area (Å²) in [6, 6.07) is 9.07. The first-order valence-electron chi connectivity index (χ1n) is 7.95. The van der Waals surface area contributed by atoms with Crippen LogP contribution >= 0.6 is 0 Å². The summed E-state index contributed by atoms with van der Waals surface area (Å²) in [7, 11) is -3.67. The number of hydrogen-bond acceptors (Lipinski definition) is 5. The van der Waals surface area contributed by atoms with E-state index in [1.54, 1.807) is 12.1 Å². The normalized spacial score (nSPS) is 16.6. The van der Waals surface area contributed by atoms with Crippen molar-refractivity contribution < 1.29 is 31.1 Å². The van der Waals surface area contributed by atoms with E-state index in [1.165, 1.54) is 28.6 Å². The van der Waals surface area contributed by atoms with Gasteiger partial charge in [0.25, 0.3) is 0 Å². The van der Waals surface area contributed by atoms with Gasteiger partial charge >= 0.3 is 6.61 Å². The van der Waals surface area contributed by atoms with Gasteiger partial charge in [-0.1, -0.05) is 12.1 Å². The lowest BCUT2D eigenvalue weighted by Crippen LogP contribution is -2.40. The second-order valence-corrected chi connectivity index (χ2v) is 7.73. The van der Waals surface area contributed by atoms with Gasteiger partial charge in [-0.3, -0.25) is 0 Å². The van der Waals surface area contributed by atoms with Crippen molar-refractivity contribution in [1.29, 1.82) is 0 Å². The summed E-state index contributed by atoms with van der Waals surface area (Å²) in [5, 5.41) is 1.03. The van der Waals surface area contributed by atoms with Gasteiger partial charge in [-0.25, -0.2) is 8.42 Å². The Morgan fingerprint density at radius 2 is 1.85 bits per heavy atom. The van der Waals surface area contributed by atoms with Crippen LogP contribution in [0.4, 0.5) is 8.78 Å². The maximum atomic E-state index is 12.8. The van der Waals surface area contributed by atoms with E-state index in [9.17, 15) is 17.2 Å².